The van der Waals surface area contributed by atoms with Crippen molar-refractivity contribution < 1.29 is 0 Å². The number of para-hydroxylation sites is 1. The summed E-state index contributed by atoms with van der Waals surface area (Å²) in [5, 5.41) is 9.83. The van der Waals surface area contributed by atoms with Crippen LogP contribution in [0.2, 0.25) is 0 Å². The van der Waals surface area contributed by atoms with Crippen molar-refractivity contribution in [2.24, 2.45) is 10.8 Å². The summed E-state index contributed by atoms with van der Waals surface area (Å²) >= 11 is 1.83. The van der Waals surface area contributed by atoms with Gasteiger partial charge in [0.05, 0.1) is 16.7 Å². The molecule has 0 saturated carbocycles. The summed E-state index contributed by atoms with van der Waals surface area (Å²) < 4.78 is 5.00. The number of hydrogen-bond donors (Lipinski definition) is 2. The quantitative estimate of drug-likeness (QED) is 0.0696. The number of thiophene rings is 1. The van der Waals surface area contributed by atoms with Crippen LogP contribution in [0.4, 0.5) is 0 Å². The molecule has 11 rings (SSSR count). The number of nitrogens with one attached hydrogen (secondary N) is 1. The highest BCUT2D eigenvalue weighted by Gasteiger charge is 2.24. The van der Waals surface area contributed by atoms with E-state index in [1.165, 1.54) is 80.2 Å². The average Bonchev–Trinajstić information content (AvgIpc) is 3.84. The Hall–Kier alpha value is -7.05. The van der Waals surface area contributed by atoms with Gasteiger partial charge in [0, 0.05) is 42.1 Å². The zero-order chi connectivity index (χ0) is 41.0. The number of hydrazine groups is 1. The lowest BCUT2D eigenvalue weighted by molar-refractivity contribution is 0.861. The van der Waals surface area contributed by atoms with Crippen LogP contribution >= 0.6 is 11.3 Å². The van der Waals surface area contributed by atoms with Gasteiger partial charge in [0.15, 0.2) is 0 Å². The van der Waals surface area contributed by atoms with Crippen LogP contribution in [0.15, 0.2) is 187 Å². The number of aryl methyl sites for hydroxylation is 1. The van der Waals surface area contributed by atoms with Crippen LogP contribution in [0.25, 0.3) is 80.3 Å². The summed E-state index contributed by atoms with van der Waals surface area (Å²) in [6.45, 7) is 4.49. The lowest BCUT2D eigenvalue weighted by Crippen LogP contribution is -2.32. The Morgan fingerprint density at radius 3 is 2.13 bits per heavy atom. The molecule has 5 heteroatoms. The van der Waals surface area contributed by atoms with Crippen LogP contribution < -0.4 is 11.3 Å². The van der Waals surface area contributed by atoms with Crippen molar-refractivity contribution in [2.45, 2.75) is 32.7 Å². The third-order valence-corrected chi connectivity index (χ3v) is 13.7. The van der Waals surface area contributed by atoms with Crippen molar-refractivity contribution in [1.82, 2.24) is 9.99 Å². The number of benzene rings is 9. The van der Waals surface area contributed by atoms with Crippen LogP contribution in [0.3, 0.4) is 0 Å². The van der Waals surface area contributed by atoms with E-state index < -0.39 is 0 Å². The zero-order valence-corrected chi connectivity index (χ0v) is 35.0. The molecule has 0 saturated heterocycles. The van der Waals surface area contributed by atoms with Gasteiger partial charge >= 0.3 is 0 Å². The maximum atomic E-state index is 6.65. The molecular formula is C56H44N4S. The van der Waals surface area contributed by atoms with Crippen molar-refractivity contribution in [1.29, 1.82) is 0 Å². The van der Waals surface area contributed by atoms with E-state index in [2.05, 4.69) is 206 Å². The molecule has 0 spiro atoms. The first kappa shape index (κ1) is 37.0. The van der Waals surface area contributed by atoms with Crippen LogP contribution in [0.5, 0.6) is 0 Å². The first-order valence-corrected chi connectivity index (χ1v) is 22.0. The topological polar surface area (TPSA) is 55.3 Å². The molecule has 0 fully saturated rings. The number of nitrogens with two attached hydrogens (primary N) is 1. The first-order valence-electron chi connectivity index (χ1n) is 21.2. The molecule has 0 radical (unpaired) electrons. The number of hydrogen-bond acceptors (Lipinski definition) is 3. The largest absolute Gasteiger partial charge is 0.309 e. The van der Waals surface area contributed by atoms with Crippen molar-refractivity contribution in [2.75, 3.05) is 0 Å². The molecule has 2 aromatic heterocycles. The second kappa shape index (κ2) is 15.2. The lowest BCUT2D eigenvalue weighted by Gasteiger charge is -2.23. The number of aliphatic imine (C=N–C) groups is 1. The van der Waals surface area contributed by atoms with E-state index in [-0.39, 0.29) is 6.04 Å². The fourth-order valence-electron chi connectivity index (χ4n) is 9.69. The van der Waals surface area contributed by atoms with E-state index in [0.717, 1.165) is 40.8 Å². The Kier molecular flexibility index (Phi) is 9.22. The number of rotatable bonds is 8. The number of aromatic nitrogens is 1. The van der Waals surface area contributed by atoms with Gasteiger partial charge in [0.25, 0.3) is 0 Å². The Morgan fingerprint density at radius 1 is 0.607 bits per heavy atom. The van der Waals surface area contributed by atoms with Gasteiger partial charge < -0.3 is 9.99 Å². The first-order chi connectivity index (χ1) is 30.1. The van der Waals surface area contributed by atoms with Gasteiger partial charge in [-0.2, -0.15) is 0 Å². The van der Waals surface area contributed by atoms with Crippen molar-refractivity contribution >= 4 is 80.7 Å². The summed E-state index contributed by atoms with van der Waals surface area (Å²) in [5.74, 6) is 7.29. The van der Waals surface area contributed by atoms with Gasteiger partial charge in [0.2, 0.25) is 0 Å². The van der Waals surface area contributed by atoms with E-state index >= 15 is 0 Å². The summed E-state index contributed by atoms with van der Waals surface area (Å²) in [5.41, 5.74) is 14.7. The van der Waals surface area contributed by atoms with Crippen LogP contribution in [0, 0.1) is 6.92 Å². The summed E-state index contributed by atoms with van der Waals surface area (Å²) in [6.07, 6.45) is 2.01. The molecule has 2 heterocycles. The predicted octanol–water partition coefficient (Wildman–Crippen LogP) is 14.4. The summed E-state index contributed by atoms with van der Waals surface area (Å²) in [4.78, 5) is 5.68. The van der Waals surface area contributed by atoms with E-state index in [4.69, 9.17) is 10.8 Å². The van der Waals surface area contributed by atoms with Gasteiger partial charge in [-0.3, -0.25) is 4.99 Å². The number of amidine groups is 1. The Balaban J connectivity index is 1.17. The molecule has 61 heavy (non-hydrogen) atoms. The van der Waals surface area contributed by atoms with Gasteiger partial charge in [0.1, 0.15) is 11.9 Å². The van der Waals surface area contributed by atoms with E-state index in [1.807, 2.05) is 11.3 Å². The summed E-state index contributed by atoms with van der Waals surface area (Å²) in [6, 6.07) is 65.9. The molecule has 1 atom stereocenters. The van der Waals surface area contributed by atoms with Crippen molar-refractivity contribution in [3.05, 3.63) is 210 Å². The van der Waals surface area contributed by atoms with Crippen molar-refractivity contribution in [3.8, 4) is 16.8 Å². The minimum atomic E-state index is -0.340. The molecule has 11 aromatic rings. The third-order valence-electron chi connectivity index (χ3n) is 12.5. The molecule has 4 nitrogen and oxygen atoms in total. The molecule has 3 N–H and O–H groups in total. The second-order valence-corrected chi connectivity index (χ2v) is 17.1. The average molecular weight is 805 g/mol. The normalized spacial score (nSPS) is 12.7. The standard InChI is InChI=1S/C56H44N4S/c1-3-15-36-16-7-9-22-43(36)54-35(2)41(30-31-50(54)60-49-26-12-10-23-44(49)48-32-38-18-4-5-19-39(38)33-51(48)60)56(59-57)58-55(47-25-14-20-37-17-6-8-21-42(37)47)40-28-29-46-45-24-11-13-27-52(45)61-53(46)34-40/h4-14,16-34,55H,3,15,57H2,1-2H3,(H,58,59). The molecule has 9 aromatic carbocycles. The van der Waals surface area contributed by atoms with Gasteiger partial charge in [-0.1, -0.05) is 153 Å². The van der Waals surface area contributed by atoms with Crippen LogP contribution in [-0.4, -0.2) is 10.4 Å². The molecular weight excluding hydrogens is 761 g/mol. The molecule has 1 unspecified atom stereocenters. The van der Waals surface area contributed by atoms with Crippen molar-refractivity contribution in [3.63, 3.8) is 0 Å². The highest BCUT2D eigenvalue weighted by Crippen LogP contribution is 2.43. The second-order valence-electron chi connectivity index (χ2n) is 16.1. The third kappa shape index (κ3) is 6.20. The van der Waals surface area contributed by atoms with Gasteiger partial charge in [-0.15, -0.1) is 11.3 Å². The Labute approximate surface area is 359 Å². The van der Waals surface area contributed by atoms with Gasteiger partial charge in [-0.25, -0.2) is 5.84 Å². The minimum Gasteiger partial charge on any atom is -0.309 e. The maximum absolute atomic E-state index is 6.65. The fraction of sp³-hybridized carbons (Fsp3) is 0.0893. The van der Waals surface area contributed by atoms with E-state index in [0.29, 0.717) is 5.84 Å². The van der Waals surface area contributed by atoms with Gasteiger partial charge in [-0.05, 0) is 105 Å². The Morgan fingerprint density at radius 2 is 1.30 bits per heavy atom. The fourth-order valence-corrected chi connectivity index (χ4v) is 10.8. The zero-order valence-electron chi connectivity index (χ0n) is 34.2. The molecule has 0 amide bonds. The molecule has 0 aliphatic carbocycles. The highest BCUT2D eigenvalue weighted by molar-refractivity contribution is 7.25. The smallest absolute Gasteiger partial charge is 0.143 e. The lowest BCUT2D eigenvalue weighted by atomic mass is 9.89. The minimum absolute atomic E-state index is 0.340. The highest BCUT2D eigenvalue weighted by atomic mass is 32.1. The van der Waals surface area contributed by atoms with Crippen LogP contribution in [-0.2, 0) is 6.42 Å². The summed E-state index contributed by atoms with van der Waals surface area (Å²) in [7, 11) is 0. The molecule has 0 aliphatic heterocycles. The molecule has 0 bridgehead atoms. The molecule has 294 valence electrons. The SMILES string of the molecule is CCCc1ccccc1-c1c(-n2c3ccccc3c3cc4ccccc4cc32)ccc(C(=NC(c2ccc3c(c2)sc2ccccc23)c2cccc3ccccc23)NN)c1C. The number of nitrogens with zero attached hydrogens (tertiary/aromatic N) is 2. The maximum Gasteiger partial charge on any atom is 0.143 e. The monoisotopic (exact) mass is 804 g/mol. The van der Waals surface area contributed by atoms with E-state index in [9.17, 15) is 0 Å². The predicted molar refractivity (Wildman–Crippen MR) is 261 cm³/mol. The Bertz CT molecular complexity index is 3510. The number of fused-ring (bicyclic) bond motifs is 8. The van der Waals surface area contributed by atoms with Crippen LogP contribution in [0.1, 0.15) is 47.2 Å². The molecule has 0 aliphatic rings. The van der Waals surface area contributed by atoms with E-state index in [1.54, 1.807) is 0 Å².